The Morgan fingerprint density at radius 3 is 2.57 bits per heavy atom. The van der Waals surface area contributed by atoms with Gasteiger partial charge < -0.3 is 44.0 Å². The molecule has 3 heterocycles. The Morgan fingerprint density at radius 1 is 1.16 bits per heavy atom. The number of oxime groups is 1. The molecule has 2 aliphatic heterocycles. The number of phosphoric acid groups is 1. The topological polar surface area (TPSA) is 216 Å². The molecule has 1 saturated carbocycles. The van der Waals surface area contributed by atoms with Gasteiger partial charge in [-0.1, -0.05) is 18.1 Å². The summed E-state index contributed by atoms with van der Waals surface area (Å²) in [5.74, 6) is -3.91. The van der Waals surface area contributed by atoms with Gasteiger partial charge in [0.2, 0.25) is 18.0 Å². The summed E-state index contributed by atoms with van der Waals surface area (Å²) in [6.07, 6.45) is 0.0979. The van der Waals surface area contributed by atoms with Gasteiger partial charge in [0, 0.05) is 37.0 Å². The smallest absolute Gasteiger partial charge is 0.451 e. The minimum atomic E-state index is -4.87. The molecule has 0 unspecified atom stereocenters. The third-order valence-corrected chi connectivity index (χ3v) is 10.2. The number of benzene rings is 1. The van der Waals surface area contributed by atoms with Gasteiger partial charge in [-0.2, -0.15) is 0 Å². The number of nitrogens with one attached hydrogen (secondary N) is 1. The van der Waals surface area contributed by atoms with Crippen molar-refractivity contribution in [3.05, 3.63) is 63.1 Å². The van der Waals surface area contributed by atoms with E-state index in [-0.39, 0.29) is 36.7 Å². The fraction of sp³-hybridized carbons (Fsp3) is 0.531. The number of hydrogen-bond donors (Lipinski definition) is 4. The highest BCUT2D eigenvalue weighted by molar-refractivity contribution is 7.46. The fourth-order valence-electron chi connectivity index (χ4n) is 7.03. The molecule has 1 saturated heterocycles. The zero-order valence-electron chi connectivity index (χ0n) is 28.0. The first-order valence-corrected chi connectivity index (χ1v) is 17.7. The van der Waals surface area contributed by atoms with E-state index in [2.05, 4.69) is 10.5 Å². The number of amides is 2. The third-order valence-electron chi connectivity index (χ3n) is 9.65. The molecule has 1 aliphatic carbocycles. The number of pyridine rings is 1. The van der Waals surface area contributed by atoms with Gasteiger partial charge in [0.05, 0.1) is 11.8 Å². The predicted octanol–water partition coefficient (Wildman–Crippen LogP) is 4.00. The Balaban J connectivity index is 1.48. The lowest BCUT2D eigenvalue weighted by molar-refractivity contribution is -0.0405. The second-order valence-electron chi connectivity index (χ2n) is 13.3. The highest BCUT2D eigenvalue weighted by Gasteiger charge is 2.48. The first kappa shape index (κ1) is 37.9. The Hall–Kier alpha value is -4.38. The van der Waals surface area contributed by atoms with Crippen molar-refractivity contribution in [1.29, 1.82) is 0 Å². The molecule has 3 aliphatic rings. The first-order valence-electron chi connectivity index (χ1n) is 16.2. The first-order chi connectivity index (χ1) is 24.0. The molecule has 16 nitrogen and oxygen atoms in total. The van der Waals surface area contributed by atoms with E-state index in [9.17, 15) is 37.7 Å². The number of aromatic nitrogens is 1. The summed E-state index contributed by atoms with van der Waals surface area (Å²) in [6, 6.07) is 1.94. The standard InChI is InChI=1S/C32H39F2N4O12P/c1-17(36-43)12-32(3)10-9-18(2)37-15-25(32)38-14-21(29(40)35-13-19-7-8-20(33)11-22(19)34)27(39)28(26(38)30(37)41)47-16-48-31(42)49-23-5-4-6-24(23)50-51(44,45)46/h7-8,11,14,18,23-25,43H,4-6,9-10,12-13,15-16H2,1-3H3,(H,35,40)(H2,44,45,46)/b36-17-/t18-,23-,24-,25+,32+/m0/s1. The molecule has 4 N–H and O–H groups in total. The maximum Gasteiger partial charge on any atom is 0.511 e. The molecule has 2 bridgehead atoms. The van der Waals surface area contributed by atoms with Crippen LogP contribution in [-0.2, 0) is 25.1 Å². The number of nitrogens with zero attached hydrogens (tertiary/aromatic N) is 3. The summed E-state index contributed by atoms with van der Waals surface area (Å²) < 4.78 is 61.1. The van der Waals surface area contributed by atoms with Crippen LogP contribution in [0.5, 0.6) is 5.75 Å². The van der Waals surface area contributed by atoms with E-state index in [0.717, 1.165) is 12.1 Å². The number of phosphoric ester groups is 1. The number of halogens is 2. The monoisotopic (exact) mass is 740 g/mol. The number of carbonyl (C=O) groups excluding carboxylic acids is 3. The van der Waals surface area contributed by atoms with Crippen molar-refractivity contribution >= 4 is 31.5 Å². The zero-order chi connectivity index (χ0) is 37.2. The number of carbonyl (C=O) groups is 3. The van der Waals surface area contributed by atoms with Crippen molar-refractivity contribution in [3.63, 3.8) is 0 Å². The Bertz CT molecular complexity index is 1830. The third kappa shape index (κ3) is 8.41. The van der Waals surface area contributed by atoms with Gasteiger partial charge in [0.1, 0.15) is 29.4 Å². The van der Waals surface area contributed by atoms with Gasteiger partial charge in [0.25, 0.3) is 11.8 Å². The highest BCUT2D eigenvalue weighted by Crippen LogP contribution is 2.47. The van der Waals surface area contributed by atoms with Crippen molar-refractivity contribution in [2.24, 2.45) is 10.6 Å². The molecule has 5 rings (SSSR count). The number of rotatable bonds is 11. The molecule has 2 fully saturated rings. The predicted molar refractivity (Wildman–Crippen MR) is 172 cm³/mol. The summed E-state index contributed by atoms with van der Waals surface area (Å²) in [7, 11) is -4.87. The van der Waals surface area contributed by atoms with E-state index in [1.165, 1.54) is 10.8 Å². The Labute approximate surface area is 290 Å². The van der Waals surface area contributed by atoms with E-state index in [4.69, 9.17) is 28.5 Å². The van der Waals surface area contributed by atoms with Crippen molar-refractivity contribution in [3.8, 4) is 5.75 Å². The number of ether oxygens (including phenoxy) is 3. The van der Waals surface area contributed by atoms with Crippen LogP contribution < -0.4 is 15.5 Å². The van der Waals surface area contributed by atoms with Crippen molar-refractivity contribution in [2.45, 2.75) is 90.1 Å². The van der Waals surface area contributed by atoms with Gasteiger partial charge in [0.15, 0.2) is 5.69 Å². The number of hydrogen-bond acceptors (Lipinski definition) is 11. The van der Waals surface area contributed by atoms with E-state index < -0.39 is 91.2 Å². The lowest BCUT2D eigenvalue weighted by atomic mass is 9.74. The van der Waals surface area contributed by atoms with Crippen LogP contribution in [0.1, 0.15) is 91.7 Å². The van der Waals surface area contributed by atoms with Crippen LogP contribution in [-0.4, -0.2) is 79.7 Å². The molecule has 0 spiro atoms. The lowest BCUT2D eigenvalue weighted by Crippen LogP contribution is -2.50. The second kappa shape index (κ2) is 15.1. The summed E-state index contributed by atoms with van der Waals surface area (Å²) in [6.45, 7) is 4.22. The largest absolute Gasteiger partial charge is 0.511 e. The summed E-state index contributed by atoms with van der Waals surface area (Å²) >= 11 is 0. The van der Waals surface area contributed by atoms with Crippen LogP contribution >= 0.6 is 7.82 Å². The maximum atomic E-state index is 14.3. The van der Waals surface area contributed by atoms with Gasteiger partial charge in [-0.15, -0.1) is 0 Å². The van der Waals surface area contributed by atoms with Crippen LogP contribution in [0.3, 0.4) is 0 Å². The van der Waals surface area contributed by atoms with Crippen LogP contribution in [0.2, 0.25) is 0 Å². The van der Waals surface area contributed by atoms with E-state index >= 15 is 0 Å². The Kier molecular flexibility index (Phi) is 11.2. The molecular formula is C32H39F2N4O12P. The molecule has 278 valence electrons. The van der Waals surface area contributed by atoms with Crippen LogP contribution in [0, 0.1) is 17.0 Å². The molecule has 2 aromatic rings. The van der Waals surface area contributed by atoms with E-state index in [0.29, 0.717) is 37.5 Å². The normalized spacial score (nSPS) is 24.8. The molecule has 1 aromatic heterocycles. The number of fused-ring (bicyclic) bond motifs is 4. The van der Waals surface area contributed by atoms with Gasteiger partial charge >= 0.3 is 14.0 Å². The van der Waals surface area contributed by atoms with Crippen LogP contribution in [0.25, 0.3) is 0 Å². The molecule has 1 aromatic carbocycles. The molecule has 51 heavy (non-hydrogen) atoms. The molecule has 19 heteroatoms. The SMILES string of the molecule is C/C(C[C@@]1(C)CC[C@H](C)N2C[C@H]1n1cc(C(=O)NCc3ccc(F)cc3F)c(=O)c(OCOC(=O)O[C@H]3CCC[C@@H]3OP(=O)(O)O)c1C2=O)=N/O. The fourth-order valence-corrected chi connectivity index (χ4v) is 7.62. The minimum absolute atomic E-state index is 0.0585. The van der Waals surface area contributed by atoms with Gasteiger partial charge in [-0.05, 0) is 63.9 Å². The van der Waals surface area contributed by atoms with E-state index in [1.54, 1.807) is 11.8 Å². The van der Waals surface area contributed by atoms with Crippen LogP contribution in [0.4, 0.5) is 13.6 Å². The quantitative estimate of drug-likeness (QED) is 0.0643. The average Bonchev–Trinajstić information content (AvgIpc) is 3.43. The second-order valence-corrected chi connectivity index (χ2v) is 14.5. The van der Waals surface area contributed by atoms with Crippen molar-refractivity contribution < 1.29 is 61.5 Å². The zero-order valence-corrected chi connectivity index (χ0v) is 28.9. The molecule has 5 atom stereocenters. The minimum Gasteiger partial charge on any atom is -0.451 e. The van der Waals surface area contributed by atoms with Crippen LogP contribution in [0.15, 0.2) is 34.3 Å². The molecule has 2 amide bonds. The Morgan fingerprint density at radius 2 is 1.88 bits per heavy atom. The highest BCUT2D eigenvalue weighted by atomic mass is 31.2. The lowest BCUT2D eigenvalue weighted by Gasteiger charge is -2.43. The summed E-state index contributed by atoms with van der Waals surface area (Å²) in [5.41, 5.74) is -2.07. The molecular weight excluding hydrogens is 701 g/mol. The van der Waals surface area contributed by atoms with Gasteiger partial charge in [-0.3, -0.25) is 18.9 Å². The summed E-state index contributed by atoms with van der Waals surface area (Å²) in [4.78, 5) is 74.0. The van der Waals surface area contributed by atoms with Crippen molar-refractivity contribution in [1.82, 2.24) is 14.8 Å². The maximum absolute atomic E-state index is 14.3. The van der Waals surface area contributed by atoms with Gasteiger partial charge in [-0.25, -0.2) is 18.1 Å². The molecule has 0 radical (unpaired) electrons. The summed E-state index contributed by atoms with van der Waals surface area (Å²) in [5, 5.41) is 15.3. The van der Waals surface area contributed by atoms with E-state index in [1.807, 2.05) is 13.8 Å². The van der Waals surface area contributed by atoms with Crippen molar-refractivity contribution in [2.75, 3.05) is 13.3 Å². The average molecular weight is 741 g/mol.